The molecule has 0 aromatic heterocycles. The van der Waals surface area contributed by atoms with Gasteiger partial charge in [0.05, 0.1) is 0 Å². The van der Waals surface area contributed by atoms with Gasteiger partial charge in [0.15, 0.2) is 5.78 Å². The molecule has 15 heavy (non-hydrogen) atoms. The van der Waals surface area contributed by atoms with E-state index in [0.717, 1.165) is 11.6 Å². The molecule has 1 aromatic rings. The maximum atomic E-state index is 11.2. The second kappa shape index (κ2) is 7.46. The van der Waals surface area contributed by atoms with Gasteiger partial charge in [0.2, 0.25) is 0 Å². The van der Waals surface area contributed by atoms with Gasteiger partial charge in [-0.3, -0.25) is 4.79 Å². The Balaban J connectivity index is 0.00000196. The molecular weight excluding hydrogens is 199 g/mol. The molecule has 0 N–H and O–H groups in total. The van der Waals surface area contributed by atoms with Gasteiger partial charge in [0.25, 0.3) is 0 Å². The Morgan fingerprint density at radius 1 is 1.27 bits per heavy atom. The fraction of sp³-hybridized carbons (Fsp3) is 0.0833. The van der Waals surface area contributed by atoms with Crippen LogP contribution in [0.5, 0.6) is 0 Å². The minimum atomic E-state index is -0.246. The second-order valence-corrected chi connectivity index (χ2v) is 2.91. The molecule has 0 fully saturated rings. The zero-order valence-corrected chi connectivity index (χ0v) is 10.9. The van der Waals surface area contributed by atoms with E-state index in [1.54, 1.807) is 13.0 Å². The van der Waals surface area contributed by atoms with Crippen molar-refractivity contribution in [1.29, 1.82) is 0 Å². The predicted molar refractivity (Wildman–Crippen MR) is 54.2 cm³/mol. The number of hydrogen-bond acceptors (Lipinski definition) is 2. The summed E-state index contributed by atoms with van der Waals surface area (Å²) in [5, 5.41) is 10.1. The van der Waals surface area contributed by atoms with Crippen LogP contribution in [0, 0.1) is 0 Å². The van der Waals surface area contributed by atoms with E-state index in [9.17, 15) is 9.90 Å². The summed E-state index contributed by atoms with van der Waals surface area (Å²) in [5.41, 5.74) is 1.51. The molecular formula is C12H11NaO2. The van der Waals surface area contributed by atoms with E-state index in [0.29, 0.717) is 11.8 Å². The maximum absolute atomic E-state index is 11.2. The van der Waals surface area contributed by atoms with Gasteiger partial charge in [-0.05, 0) is 30.2 Å². The molecule has 2 nitrogen and oxygen atoms in total. The van der Waals surface area contributed by atoms with E-state index in [4.69, 9.17) is 0 Å². The Morgan fingerprint density at radius 3 is 2.40 bits per heavy atom. The zero-order chi connectivity index (χ0) is 10.4. The number of allylic oxidation sites excluding steroid dienone is 2. The first-order valence-electron chi connectivity index (χ1n) is 4.30. The summed E-state index contributed by atoms with van der Waals surface area (Å²) >= 11 is 0. The molecule has 0 radical (unpaired) electrons. The number of rotatable bonds is 3. The van der Waals surface area contributed by atoms with Crippen molar-refractivity contribution in [3.63, 3.8) is 0 Å². The molecule has 3 heteroatoms. The summed E-state index contributed by atoms with van der Waals surface area (Å²) in [4.78, 5) is 11.2. The van der Waals surface area contributed by atoms with Gasteiger partial charge >= 0.3 is 29.6 Å². The van der Waals surface area contributed by atoms with Crippen molar-refractivity contribution in [2.75, 3.05) is 0 Å². The minimum Gasteiger partial charge on any atom is -0.878 e. The maximum Gasteiger partial charge on any atom is 1.00 e. The minimum absolute atomic E-state index is 0. The smallest absolute Gasteiger partial charge is 0.878 e. The summed E-state index contributed by atoms with van der Waals surface area (Å²) in [6.07, 6.45) is 3.28. The number of ketones is 1. The molecule has 0 saturated heterocycles. The van der Waals surface area contributed by atoms with Crippen molar-refractivity contribution < 1.29 is 39.5 Å². The zero-order valence-electron chi connectivity index (χ0n) is 8.94. The molecule has 0 spiro atoms. The Kier molecular flexibility index (Phi) is 7.05. The average Bonchev–Trinajstić information content (AvgIpc) is 2.19. The molecule has 72 valence electrons. The van der Waals surface area contributed by atoms with Crippen molar-refractivity contribution in [3.05, 3.63) is 53.8 Å². The van der Waals surface area contributed by atoms with Crippen LogP contribution in [-0.2, 0) is 4.79 Å². The Hall–Kier alpha value is -0.830. The van der Waals surface area contributed by atoms with Gasteiger partial charge in [-0.25, -0.2) is 0 Å². The van der Waals surface area contributed by atoms with Crippen molar-refractivity contribution in [2.45, 2.75) is 6.92 Å². The van der Waals surface area contributed by atoms with Crippen LogP contribution in [0.15, 0.2) is 48.2 Å². The Labute approximate surface area is 112 Å². The third-order valence-electron chi connectivity index (χ3n) is 1.79. The van der Waals surface area contributed by atoms with Gasteiger partial charge < -0.3 is 5.11 Å². The number of carbonyl (C=O) groups excluding carboxylic acids is 1. The van der Waals surface area contributed by atoms with Gasteiger partial charge in [-0.2, -0.15) is 0 Å². The summed E-state index contributed by atoms with van der Waals surface area (Å²) in [7, 11) is 0. The Bertz CT molecular complexity index is 366. The van der Waals surface area contributed by atoms with E-state index >= 15 is 0 Å². The summed E-state index contributed by atoms with van der Waals surface area (Å²) < 4.78 is 0. The molecule has 0 aliphatic rings. The molecule has 1 rings (SSSR count). The predicted octanol–water partition coefficient (Wildman–Crippen LogP) is -1.46. The number of carbonyl (C=O) groups is 1. The van der Waals surface area contributed by atoms with Crippen LogP contribution < -0.4 is 34.7 Å². The molecule has 0 aliphatic heterocycles. The fourth-order valence-corrected chi connectivity index (χ4v) is 1.06. The van der Waals surface area contributed by atoms with Gasteiger partial charge in [0, 0.05) is 0 Å². The second-order valence-electron chi connectivity index (χ2n) is 2.91. The van der Waals surface area contributed by atoms with Crippen LogP contribution in [0.2, 0.25) is 0 Å². The first-order chi connectivity index (χ1) is 6.74. The Morgan fingerprint density at radius 2 is 1.87 bits per heavy atom. The monoisotopic (exact) mass is 210 g/mol. The van der Waals surface area contributed by atoms with Crippen molar-refractivity contribution in [1.82, 2.24) is 0 Å². The van der Waals surface area contributed by atoms with Crippen LogP contribution in [0.4, 0.5) is 0 Å². The van der Waals surface area contributed by atoms with E-state index in [1.807, 2.05) is 30.3 Å². The van der Waals surface area contributed by atoms with Crippen LogP contribution in [0.25, 0.3) is 6.08 Å². The van der Waals surface area contributed by atoms with E-state index < -0.39 is 0 Å². The quantitative estimate of drug-likeness (QED) is 0.347. The molecule has 1 aromatic carbocycles. The standard InChI is InChI=1S/C12H12O2.Na/c1-10(12(14)7-8-13)9-11-5-3-2-4-6-11;/h2-9,13H,1H3;/q;+1/p-1/b8-7-,10-9+;. The van der Waals surface area contributed by atoms with Crippen molar-refractivity contribution in [3.8, 4) is 0 Å². The van der Waals surface area contributed by atoms with E-state index in [-0.39, 0.29) is 35.3 Å². The van der Waals surface area contributed by atoms with Crippen molar-refractivity contribution >= 4 is 11.9 Å². The molecule has 0 saturated carbocycles. The number of hydrogen-bond donors (Lipinski definition) is 0. The first-order valence-corrected chi connectivity index (χ1v) is 4.30. The summed E-state index contributed by atoms with van der Waals surface area (Å²) in [6.45, 7) is 1.69. The fourth-order valence-electron chi connectivity index (χ4n) is 1.06. The molecule has 0 aliphatic carbocycles. The van der Waals surface area contributed by atoms with Gasteiger partial charge in [-0.15, -0.1) is 6.26 Å². The van der Waals surface area contributed by atoms with Crippen molar-refractivity contribution in [2.24, 2.45) is 0 Å². The molecule has 0 unspecified atom stereocenters. The van der Waals surface area contributed by atoms with Crippen LogP contribution >= 0.6 is 0 Å². The normalized spacial score (nSPS) is 11.1. The molecule has 0 atom stereocenters. The van der Waals surface area contributed by atoms with E-state index in [1.165, 1.54) is 0 Å². The topological polar surface area (TPSA) is 40.1 Å². The SMILES string of the molecule is C/C(=C\c1ccccc1)C(=O)/C=C\[O-].[Na+]. The van der Waals surface area contributed by atoms with Crippen LogP contribution in [0.3, 0.4) is 0 Å². The molecule has 0 bridgehead atoms. The largest absolute Gasteiger partial charge is 1.00 e. The molecule has 0 heterocycles. The summed E-state index contributed by atoms with van der Waals surface area (Å²) in [5.74, 6) is -0.246. The van der Waals surface area contributed by atoms with Gasteiger partial charge in [0.1, 0.15) is 0 Å². The van der Waals surface area contributed by atoms with E-state index in [2.05, 4.69) is 0 Å². The first kappa shape index (κ1) is 14.2. The van der Waals surface area contributed by atoms with Crippen LogP contribution in [-0.4, -0.2) is 5.78 Å². The van der Waals surface area contributed by atoms with Crippen LogP contribution in [0.1, 0.15) is 12.5 Å². The number of benzene rings is 1. The molecule has 0 amide bonds. The average molecular weight is 210 g/mol. The third kappa shape index (κ3) is 4.98. The summed E-state index contributed by atoms with van der Waals surface area (Å²) in [6, 6.07) is 9.50. The third-order valence-corrected chi connectivity index (χ3v) is 1.79. The van der Waals surface area contributed by atoms with Gasteiger partial charge in [-0.1, -0.05) is 30.3 Å².